The van der Waals surface area contributed by atoms with Gasteiger partial charge in [-0.1, -0.05) is 12.1 Å². The highest BCUT2D eigenvalue weighted by Crippen LogP contribution is 2.25. The topological polar surface area (TPSA) is 59.0 Å². The van der Waals surface area contributed by atoms with Gasteiger partial charge in [0.2, 0.25) is 0 Å². The van der Waals surface area contributed by atoms with Crippen LogP contribution < -0.4 is 10.5 Å². The molecule has 0 spiro atoms. The van der Waals surface area contributed by atoms with Crippen LogP contribution in [0.25, 0.3) is 11.1 Å². The number of methoxy groups -OCH3 is 1. The van der Waals surface area contributed by atoms with Crippen molar-refractivity contribution in [1.29, 1.82) is 5.26 Å². The van der Waals surface area contributed by atoms with Gasteiger partial charge >= 0.3 is 0 Å². The number of nitriles is 1. The zero-order chi connectivity index (χ0) is 12.3. The van der Waals surface area contributed by atoms with E-state index >= 15 is 0 Å². The third kappa shape index (κ3) is 2.37. The maximum absolute atomic E-state index is 8.89. The molecule has 0 amide bonds. The summed E-state index contributed by atoms with van der Waals surface area (Å²) in [5.41, 5.74) is 8.85. The molecule has 0 aliphatic rings. The van der Waals surface area contributed by atoms with Gasteiger partial charge in [0, 0.05) is 5.69 Å². The van der Waals surface area contributed by atoms with Gasteiger partial charge in [0.1, 0.15) is 5.75 Å². The molecule has 0 atom stereocenters. The standard InChI is InChI=1S/C14H12N2O/c1-17-14-4-2-11(3-5-14)12-6-10(9-15)7-13(16)8-12/h2-8H,16H2,1H3. The van der Waals surface area contributed by atoms with Crippen LogP contribution in [0.4, 0.5) is 5.69 Å². The lowest BCUT2D eigenvalue weighted by molar-refractivity contribution is 0.415. The Kier molecular flexibility index (Phi) is 2.97. The fraction of sp³-hybridized carbons (Fsp3) is 0.0714. The molecule has 2 N–H and O–H groups in total. The summed E-state index contributed by atoms with van der Waals surface area (Å²) < 4.78 is 5.10. The highest BCUT2D eigenvalue weighted by Gasteiger charge is 2.02. The molecule has 0 radical (unpaired) electrons. The number of nitrogen functional groups attached to an aromatic ring is 1. The molecule has 0 aliphatic heterocycles. The average Bonchev–Trinajstić information content (AvgIpc) is 2.38. The SMILES string of the molecule is COc1ccc(-c2cc(N)cc(C#N)c2)cc1. The molecule has 0 aliphatic carbocycles. The summed E-state index contributed by atoms with van der Waals surface area (Å²) in [6.07, 6.45) is 0. The third-order valence-corrected chi connectivity index (χ3v) is 2.51. The summed E-state index contributed by atoms with van der Waals surface area (Å²) in [5.74, 6) is 0.804. The van der Waals surface area contributed by atoms with Crippen LogP contribution in [-0.4, -0.2) is 7.11 Å². The van der Waals surface area contributed by atoms with Gasteiger partial charge in [-0.3, -0.25) is 0 Å². The fourth-order valence-electron chi connectivity index (χ4n) is 1.67. The van der Waals surface area contributed by atoms with E-state index in [2.05, 4.69) is 6.07 Å². The van der Waals surface area contributed by atoms with E-state index in [1.165, 1.54) is 0 Å². The van der Waals surface area contributed by atoms with Crippen LogP contribution in [0.3, 0.4) is 0 Å². The van der Waals surface area contributed by atoms with Crippen molar-refractivity contribution in [2.75, 3.05) is 12.8 Å². The Labute approximate surface area is 100 Å². The molecule has 0 saturated carbocycles. The molecular formula is C14H12N2O. The van der Waals surface area contributed by atoms with Gasteiger partial charge in [-0.2, -0.15) is 5.26 Å². The Bertz CT molecular complexity index is 568. The summed E-state index contributed by atoms with van der Waals surface area (Å²) >= 11 is 0. The van der Waals surface area contributed by atoms with Crippen LogP contribution in [0.15, 0.2) is 42.5 Å². The highest BCUT2D eigenvalue weighted by atomic mass is 16.5. The molecule has 0 heterocycles. The minimum Gasteiger partial charge on any atom is -0.497 e. The molecule has 0 unspecified atom stereocenters. The Balaban J connectivity index is 2.45. The predicted molar refractivity (Wildman–Crippen MR) is 67.6 cm³/mol. The Morgan fingerprint density at radius 1 is 1.06 bits per heavy atom. The van der Waals surface area contributed by atoms with E-state index in [4.69, 9.17) is 15.7 Å². The number of nitrogens with zero attached hydrogens (tertiary/aromatic N) is 1. The van der Waals surface area contributed by atoms with E-state index < -0.39 is 0 Å². The first-order valence-corrected chi connectivity index (χ1v) is 5.18. The van der Waals surface area contributed by atoms with E-state index in [1.807, 2.05) is 36.4 Å². The lowest BCUT2D eigenvalue weighted by Gasteiger charge is -2.05. The van der Waals surface area contributed by atoms with E-state index in [0.29, 0.717) is 11.3 Å². The number of ether oxygens (including phenoxy) is 1. The van der Waals surface area contributed by atoms with Crippen molar-refractivity contribution >= 4 is 5.69 Å². The predicted octanol–water partition coefficient (Wildman–Crippen LogP) is 2.82. The monoisotopic (exact) mass is 224 g/mol. The fourth-order valence-corrected chi connectivity index (χ4v) is 1.67. The normalized spacial score (nSPS) is 9.65. The average molecular weight is 224 g/mol. The number of rotatable bonds is 2. The van der Waals surface area contributed by atoms with E-state index in [-0.39, 0.29) is 0 Å². The van der Waals surface area contributed by atoms with Crippen molar-refractivity contribution in [1.82, 2.24) is 0 Å². The molecule has 0 saturated heterocycles. The van der Waals surface area contributed by atoms with Gasteiger partial charge in [0.25, 0.3) is 0 Å². The van der Waals surface area contributed by atoms with Crippen LogP contribution in [-0.2, 0) is 0 Å². The second-order valence-corrected chi connectivity index (χ2v) is 3.68. The Morgan fingerprint density at radius 3 is 2.35 bits per heavy atom. The zero-order valence-corrected chi connectivity index (χ0v) is 9.47. The van der Waals surface area contributed by atoms with Crippen molar-refractivity contribution in [3.63, 3.8) is 0 Å². The van der Waals surface area contributed by atoms with Crippen molar-refractivity contribution in [2.45, 2.75) is 0 Å². The van der Waals surface area contributed by atoms with Crippen LogP contribution >= 0.6 is 0 Å². The molecule has 2 aromatic rings. The first kappa shape index (κ1) is 11.0. The van der Waals surface area contributed by atoms with Gasteiger partial charge in [0.15, 0.2) is 0 Å². The largest absolute Gasteiger partial charge is 0.497 e. The number of nitrogens with two attached hydrogens (primary N) is 1. The van der Waals surface area contributed by atoms with Crippen molar-refractivity contribution < 1.29 is 4.74 Å². The Morgan fingerprint density at radius 2 is 1.76 bits per heavy atom. The van der Waals surface area contributed by atoms with Crippen molar-refractivity contribution in [3.8, 4) is 22.9 Å². The molecule has 84 valence electrons. The summed E-state index contributed by atoms with van der Waals surface area (Å²) in [5, 5.41) is 8.89. The molecule has 0 fully saturated rings. The van der Waals surface area contributed by atoms with E-state index in [1.54, 1.807) is 13.2 Å². The summed E-state index contributed by atoms with van der Waals surface area (Å²) in [7, 11) is 1.63. The lowest BCUT2D eigenvalue weighted by Crippen LogP contribution is -1.89. The number of benzene rings is 2. The zero-order valence-electron chi connectivity index (χ0n) is 9.47. The van der Waals surface area contributed by atoms with Crippen molar-refractivity contribution in [2.24, 2.45) is 0 Å². The maximum Gasteiger partial charge on any atom is 0.118 e. The van der Waals surface area contributed by atoms with Crippen LogP contribution in [0.2, 0.25) is 0 Å². The number of anilines is 1. The summed E-state index contributed by atoms with van der Waals surface area (Å²) in [6, 6.07) is 15.1. The van der Waals surface area contributed by atoms with E-state index in [0.717, 1.165) is 16.9 Å². The molecule has 3 heteroatoms. The van der Waals surface area contributed by atoms with Crippen LogP contribution in [0.5, 0.6) is 5.75 Å². The molecule has 3 nitrogen and oxygen atoms in total. The van der Waals surface area contributed by atoms with Gasteiger partial charge in [-0.05, 0) is 41.5 Å². The quantitative estimate of drug-likeness (QED) is 0.798. The van der Waals surface area contributed by atoms with Crippen LogP contribution in [0, 0.1) is 11.3 Å². The van der Waals surface area contributed by atoms with Gasteiger partial charge in [-0.25, -0.2) is 0 Å². The molecule has 2 aromatic carbocycles. The first-order valence-electron chi connectivity index (χ1n) is 5.18. The first-order chi connectivity index (χ1) is 8.22. The third-order valence-electron chi connectivity index (χ3n) is 2.51. The van der Waals surface area contributed by atoms with Gasteiger partial charge in [0.05, 0.1) is 18.7 Å². The van der Waals surface area contributed by atoms with Crippen LogP contribution in [0.1, 0.15) is 5.56 Å². The second kappa shape index (κ2) is 4.58. The molecule has 0 bridgehead atoms. The molecule has 2 rings (SSSR count). The summed E-state index contributed by atoms with van der Waals surface area (Å²) in [4.78, 5) is 0. The molecular weight excluding hydrogens is 212 g/mol. The highest BCUT2D eigenvalue weighted by molar-refractivity contribution is 5.70. The number of hydrogen-bond acceptors (Lipinski definition) is 3. The summed E-state index contributed by atoms with van der Waals surface area (Å²) in [6.45, 7) is 0. The minimum atomic E-state index is 0.566. The minimum absolute atomic E-state index is 0.566. The Hall–Kier alpha value is -2.47. The maximum atomic E-state index is 8.89. The number of hydrogen-bond donors (Lipinski definition) is 1. The van der Waals surface area contributed by atoms with Gasteiger partial charge in [-0.15, -0.1) is 0 Å². The lowest BCUT2D eigenvalue weighted by atomic mass is 10.0. The van der Waals surface area contributed by atoms with E-state index in [9.17, 15) is 0 Å². The molecule has 17 heavy (non-hydrogen) atoms. The van der Waals surface area contributed by atoms with Crippen molar-refractivity contribution in [3.05, 3.63) is 48.0 Å². The molecule has 0 aromatic heterocycles. The second-order valence-electron chi connectivity index (χ2n) is 3.68. The smallest absolute Gasteiger partial charge is 0.118 e. The van der Waals surface area contributed by atoms with Gasteiger partial charge < -0.3 is 10.5 Å².